The molecule has 142 valence electrons. The molecule has 5 nitrogen and oxygen atoms in total. The van der Waals surface area contributed by atoms with Crippen LogP contribution in [0.4, 0.5) is 5.95 Å². The van der Waals surface area contributed by atoms with Crippen LogP contribution in [0.5, 0.6) is 0 Å². The summed E-state index contributed by atoms with van der Waals surface area (Å²) in [7, 11) is 0. The minimum absolute atomic E-state index is 0.0430. The lowest BCUT2D eigenvalue weighted by Crippen LogP contribution is -2.36. The fourth-order valence-electron chi connectivity index (χ4n) is 3.59. The first kappa shape index (κ1) is 18.2. The van der Waals surface area contributed by atoms with Crippen molar-refractivity contribution < 1.29 is 4.79 Å². The molecule has 0 atom stereocenters. The molecular formula is C23H24N4O. The van der Waals surface area contributed by atoms with Crippen LogP contribution in [0.25, 0.3) is 0 Å². The van der Waals surface area contributed by atoms with Gasteiger partial charge in [0.15, 0.2) is 0 Å². The zero-order valence-corrected chi connectivity index (χ0v) is 16.3. The van der Waals surface area contributed by atoms with Gasteiger partial charge in [-0.3, -0.25) is 4.79 Å². The van der Waals surface area contributed by atoms with E-state index in [4.69, 9.17) is 0 Å². The summed E-state index contributed by atoms with van der Waals surface area (Å²) in [5.41, 5.74) is 6.13. The highest BCUT2D eigenvalue weighted by Crippen LogP contribution is 2.20. The van der Waals surface area contributed by atoms with E-state index in [0.29, 0.717) is 31.3 Å². The summed E-state index contributed by atoms with van der Waals surface area (Å²) in [6.45, 7) is 5.92. The Bertz CT molecular complexity index is 1010. The molecule has 1 aromatic heterocycles. The molecule has 2 aromatic carbocycles. The molecule has 0 saturated carbocycles. The van der Waals surface area contributed by atoms with Crippen LogP contribution in [0.15, 0.2) is 54.6 Å². The number of aromatic nitrogens is 2. The van der Waals surface area contributed by atoms with Gasteiger partial charge in [-0.2, -0.15) is 0 Å². The fraction of sp³-hybridized carbons (Fsp3) is 0.261. The van der Waals surface area contributed by atoms with Crippen LogP contribution in [-0.4, -0.2) is 27.3 Å². The summed E-state index contributed by atoms with van der Waals surface area (Å²) in [6.07, 6.45) is 0.879. The Morgan fingerprint density at radius 2 is 1.86 bits per heavy atom. The van der Waals surface area contributed by atoms with Gasteiger partial charge in [0.1, 0.15) is 5.69 Å². The Morgan fingerprint density at radius 3 is 2.68 bits per heavy atom. The smallest absolute Gasteiger partial charge is 0.272 e. The van der Waals surface area contributed by atoms with Gasteiger partial charge >= 0.3 is 0 Å². The van der Waals surface area contributed by atoms with Crippen molar-refractivity contribution >= 4 is 11.9 Å². The Labute approximate surface area is 165 Å². The first-order valence-corrected chi connectivity index (χ1v) is 9.59. The molecule has 0 saturated heterocycles. The van der Waals surface area contributed by atoms with E-state index in [1.54, 1.807) is 6.07 Å². The van der Waals surface area contributed by atoms with Crippen molar-refractivity contribution in [2.24, 2.45) is 0 Å². The highest BCUT2D eigenvalue weighted by atomic mass is 16.2. The van der Waals surface area contributed by atoms with Gasteiger partial charge in [-0.15, -0.1) is 0 Å². The average molecular weight is 372 g/mol. The van der Waals surface area contributed by atoms with Gasteiger partial charge in [0.2, 0.25) is 5.95 Å². The lowest BCUT2D eigenvalue weighted by Gasteiger charge is -2.28. The van der Waals surface area contributed by atoms with Crippen LogP contribution in [0.1, 0.15) is 38.4 Å². The molecule has 2 heterocycles. The van der Waals surface area contributed by atoms with E-state index < -0.39 is 0 Å². The first-order valence-electron chi connectivity index (χ1n) is 9.59. The number of amides is 1. The molecule has 0 aliphatic carbocycles. The molecule has 0 bridgehead atoms. The second kappa shape index (κ2) is 7.80. The normalized spacial score (nSPS) is 13.1. The van der Waals surface area contributed by atoms with Crippen molar-refractivity contribution in [1.82, 2.24) is 14.9 Å². The highest BCUT2D eigenvalue weighted by Gasteiger charge is 2.23. The van der Waals surface area contributed by atoms with Crippen molar-refractivity contribution in [3.05, 3.63) is 88.2 Å². The highest BCUT2D eigenvalue weighted by molar-refractivity contribution is 5.92. The van der Waals surface area contributed by atoms with Gasteiger partial charge in [0.25, 0.3) is 5.91 Å². The van der Waals surface area contributed by atoms with Gasteiger partial charge in [-0.25, -0.2) is 9.97 Å². The van der Waals surface area contributed by atoms with Crippen molar-refractivity contribution in [3.8, 4) is 0 Å². The van der Waals surface area contributed by atoms with Gasteiger partial charge in [0, 0.05) is 25.3 Å². The number of nitrogens with zero attached hydrogens (tertiary/aromatic N) is 3. The van der Waals surface area contributed by atoms with Crippen molar-refractivity contribution in [3.63, 3.8) is 0 Å². The average Bonchev–Trinajstić information content (AvgIpc) is 2.71. The zero-order chi connectivity index (χ0) is 19.5. The minimum atomic E-state index is -0.0430. The van der Waals surface area contributed by atoms with E-state index in [9.17, 15) is 4.79 Å². The molecule has 4 rings (SSSR count). The lowest BCUT2D eigenvalue weighted by atomic mass is 10.00. The third-order valence-corrected chi connectivity index (χ3v) is 5.02. The Kier molecular flexibility index (Phi) is 5.06. The number of hydrogen-bond acceptors (Lipinski definition) is 4. The maximum atomic E-state index is 13.0. The van der Waals surface area contributed by atoms with Crippen LogP contribution in [0.3, 0.4) is 0 Å². The first-order chi connectivity index (χ1) is 13.6. The second-order valence-corrected chi connectivity index (χ2v) is 7.31. The summed E-state index contributed by atoms with van der Waals surface area (Å²) in [5.74, 6) is 0.445. The number of carbonyl (C=O) groups is 1. The predicted molar refractivity (Wildman–Crippen MR) is 110 cm³/mol. The van der Waals surface area contributed by atoms with Gasteiger partial charge < -0.3 is 10.2 Å². The van der Waals surface area contributed by atoms with Crippen LogP contribution in [-0.2, 0) is 19.5 Å². The molecule has 28 heavy (non-hydrogen) atoms. The molecular weight excluding hydrogens is 348 g/mol. The Hall–Kier alpha value is -3.21. The topological polar surface area (TPSA) is 58.1 Å². The molecule has 1 aliphatic rings. The van der Waals surface area contributed by atoms with Crippen molar-refractivity contribution in [2.45, 2.75) is 33.4 Å². The number of rotatable bonds is 4. The number of anilines is 1. The van der Waals surface area contributed by atoms with E-state index in [-0.39, 0.29) is 5.91 Å². The maximum absolute atomic E-state index is 13.0. The molecule has 5 heteroatoms. The van der Waals surface area contributed by atoms with Crippen LogP contribution in [0, 0.1) is 13.8 Å². The molecule has 0 radical (unpaired) electrons. The molecule has 1 aliphatic heterocycles. The number of carbonyl (C=O) groups excluding carboxylic acids is 1. The second-order valence-electron chi connectivity index (χ2n) is 7.31. The molecule has 0 spiro atoms. The van der Waals surface area contributed by atoms with Crippen LogP contribution in [0.2, 0.25) is 0 Å². The van der Waals surface area contributed by atoms with E-state index in [1.165, 1.54) is 16.7 Å². The summed E-state index contributed by atoms with van der Waals surface area (Å²) >= 11 is 0. The van der Waals surface area contributed by atoms with Gasteiger partial charge in [-0.1, -0.05) is 54.1 Å². The van der Waals surface area contributed by atoms with E-state index in [2.05, 4.69) is 58.6 Å². The zero-order valence-electron chi connectivity index (χ0n) is 16.3. The monoisotopic (exact) mass is 372 g/mol. The number of fused-ring (bicyclic) bond motifs is 1. The van der Waals surface area contributed by atoms with Gasteiger partial charge in [0.05, 0.1) is 0 Å². The summed E-state index contributed by atoms with van der Waals surface area (Å²) in [4.78, 5) is 23.8. The number of nitrogens with one attached hydrogen (secondary N) is 1. The Balaban J connectivity index is 1.49. The van der Waals surface area contributed by atoms with Crippen LogP contribution >= 0.6 is 0 Å². The van der Waals surface area contributed by atoms with Gasteiger partial charge in [-0.05, 0) is 43.0 Å². The third kappa shape index (κ3) is 4.03. The lowest BCUT2D eigenvalue weighted by molar-refractivity contribution is 0.0728. The van der Waals surface area contributed by atoms with E-state index in [1.807, 2.05) is 24.0 Å². The number of hydrogen-bond donors (Lipinski definition) is 1. The predicted octanol–water partition coefficient (Wildman–Crippen LogP) is 3.90. The standard InChI is InChI=1S/C23H24N4O/c1-16-6-5-7-18(12-16)14-24-23-25-17(2)13-21(26-23)22(28)27-11-10-19-8-3-4-9-20(19)15-27/h3-9,12-13H,10-11,14-15H2,1-2H3,(H,24,25,26). The Morgan fingerprint density at radius 1 is 1.04 bits per heavy atom. The number of benzene rings is 2. The maximum Gasteiger partial charge on any atom is 0.272 e. The summed E-state index contributed by atoms with van der Waals surface area (Å²) < 4.78 is 0. The van der Waals surface area contributed by atoms with Crippen LogP contribution < -0.4 is 5.32 Å². The van der Waals surface area contributed by atoms with E-state index >= 15 is 0 Å². The molecule has 0 fully saturated rings. The number of aryl methyl sites for hydroxylation is 2. The minimum Gasteiger partial charge on any atom is -0.350 e. The molecule has 3 aromatic rings. The molecule has 1 amide bonds. The largest absolute Gasteiger partial charge is 0.350 e. The SMILES string of the molecule is Cc1cccc(CNc2nc(C)cc(C(=O)N3CCc4ccccc4C3)n2)c1. The summed E-state index contributed by atoms with van der Waals surface area (Å²) in [6, 6.07) is 18.4. The summed E-state index contributed by atoms with van der Waals surface area (Å²) in [5, 5.41) is 3.25. The fourth-order valence-corrected chi connectivity index (χ4v) is 3.59. The van der Waals surface area contributed by atoms with E-state index in [0.717, 1.165) is 17.7 Å². The quantitative estimate of drug-likeness (QED) is 0.754. The molecule has 1 N–H and O–H groups in total. The van der Waals surface area contributed by atoms with Crippen molar-refractivity contribution in [1.29, 1.82) is 0 Å². The molecule has 0 unspecified atom stereocenters. The van der Waals surface area contributed by atoms with Crippen molar-refractivity contribution in [2.75, 3.05) is 11.9 Å². The third-order valence-electron chi connectivity index (χ3n) is 5.02.